The van der Waals surface area contributed by atoms with Crippen molar-refractivity contribution in [1.82, 2.24) is 21.5 Å². The molecule has 112 valence electrons. The third-order valence-electron chi connectivity index (χ3n) is 4.34. The van der Waals surface area contributed by atoms with Gasteiger partial charge >= 0.3 is 0 Å². The summed E-state index contributed by atoms with van der Waals surface area (Å²) in [6.45, 7) is 0. The Morgan fingerprint density at radius 2 is 2.05 bits per heavy atom. The molecule has 1 aromatic rings. The molecular formula is C15H20N4O2. The molecule has 1 aromatic carbocycles. The standard InChI is InChI=1S/C15H20N4O2/c1-16-15(21)13-12-10(7-9-5-3-2-4-6-9)8-11(20)17-14(12)19-18-13/h2-6,10,12-14,18-19H,7-8H2,1H3,(H,16,21)(H,17,20). The molecule has 6 heteroatoms. The molecule has 21 heavy (non-hydrogen) atoms. The highest BCUT2D eigenvalue weighted by Crippen LogP contribution is 2.32. The van der Waals surface area contributed by atoms with Crippen LogP contribution in [0.2, 0.25) is 0 Å². The van der Waals surface area contributed by atoms with Gasteiger partial charge < -0.3 is 10.6 Å². The fourth-order valence-electron chi connectivity index (χ4n) is 3.37. The molecule has 2 amide bonds. The molecule has 0 aromatic heterocycles. The Morgan fingerprint density at radius 3 is 2.76 bits per heavy atom. The average Bonchev–Trinajstić information content (AvgIpc) is 2.91. The Kier molecular flexibility index (Phi) is 3.90. The second-order valence-electron chi connectivity index (χ2n) is 5.66. The molecule has 4 N–H and O–H groups in total. The number of hydrogen-bond acceptors (Lipinski definition) is 4. The van der Waals surface area contributed by atoms with Crippen molar-refractivity contribution in [3.05, 3.63) is 35.9 Å². The molecule has 2 heterocycles. The number of fused-ring (bicyclic) bond motifs is 1. The molecule has 0 radical (unpaired) electrons. The molecular weight excluding hydrogens is 268 g/mol. The minimum Gasteiger partial charge on any atom is -0.358 e. The maximum atomic E-state index is 12.0. The molecule has 3 rings (SSSR count). The number of hydrazine groups is 1. The Labute approximate surface area is 123 Å². The SMILES string of the molecule is CNC(=O)C1NNC2NC(=O)CC(Cc3ccccc3)C21. The second-order valence-corrected chi connectivity index (χ2v) is 5.66. The van der Waals surface area contributed by atoms with Gasteiger partial charge in [0.05, 0.1) is 6.17 Å². The predicted octanol–water partition coefficient (Wildman–Crippen LogP) is -0.470. The third kappa shape index (κ3) is 2.77. The predicted molar refractivity (Wildman–Crippen MR) is 77.8 cm³/mol. The van der Waals surface area contributed by atoms with Crippen LogP contribution < -0.4 is 21.5 Å². The van der Waals surface area contributed by atoms with E-state index in [1.807, 2.05) is 18.2 Å². The van der Waals surface area contributed by atoms with E-state index in [1.54, 1.807) is 7.05 Å². The summed E-state index contributed by atoms with van der Waals surface area (Å²) in [4.78, 5) is 23.9. The first-order chi connectivity index (χ1) is 10.2. The number of rotatable bonds is 3. The topological polar surface area (TPSA) is 82.3 Å². The van der Waals surface area contributed by atoms with Crippen molar-refractivity contribution < 1.29 is 9.59 Å². The van der Waals surface area contributed by atoms with Gasteiger partial charge in [-0.15, -0.1) is 0 Å². The number of amides is 2. The van der Waals surface area contributed by atoms with E-state index in [2.05, 4.69) is 33.6 Å². The van der Waals surface area contributed by atoms with Gasteiger partial charge in [0.25, 0.3) is 0 Å². The van der Waals surface area contributed by atoms with E-state index in [-0.39, 0.29) is 35.9 Å². The van der Waals surface area contributed by atoms with Crippen molar-refractivity contribution in [2.75, 3.05) is 7.05 Å². The lowest BCUT2D eigenvalue weighted by Gasteiger charge is -2.35. The highest BCUT2D eigenvalue weighted by atomic mass is 16.2. The van der Waals surface area contributed by atoms with Crippen LogP contribution in [-0.2, 0) is 16.0 Å². The van der Waals surface area contributed by atoms with Crippen molar-refractivity contribution in [2.45, 2.75) is 25.0 Å². The van der Waals surface area contributed by atoms with Gasteiger partial charge in [-0.1, -0.05) is 30.3 Å². The summed E-state index contributed by atoms with van der Waals surface area (Å²) in [7, 11) is 1.63. The van der Waals surface area contributed by atoms with Gasteiger partial charge in [-0.05, 0) is 17.9 Å². The van der Waals surface area contributed by atoms with Crippen LogP contribution in [-0.4, -0.2) is 31.1 Å². The minimum atomic E-state index is -0.325. The summed E-state index contributed by atoms with van der Waals surface area (Å²) in [6.07, 6.45) is 1.06. The summed E-state index contributed by atoms with van der Waals surface area (Å²) in [5, 5.41) is 5.59. The highest BCUT2D eigenvalue weighted by Gasteiger charge is 2.47. The monoisotopic (exact) mass is 288 g/mol. The summed E-state index contributed by atoms with van der Waals surface area (Å²) in [5.41, 5.74) is 7.23. The van der Waals surface area contributed by atoms with E-state index in [0.29, 0.717) is 6.42 Å². The van der Waals surface area contributed by atoms with Crippen LogP contribution >= 0.6 is 0 Å². The minimum absolute atomic E-state index is 0.0315. The first kappa shape index (κ1) is 14.0. The molecule has 0 saturated carbocycles. The fraction of sp³-hybridized carbons (Fsp3) is 0.467. The van der Waals surface area contributed by atoms with Crippen LogP contribution in [0.3, 0.4) is 0 Å². The number of nitrogens with one attached hydrogen (secondary N) is 4. The first-order valence-corrected chi connectivity index (χ1v) is 7.25. The number of carbonyl (C=O) groups is 2. The summed E-state index contributed by atoms with van der Waals surface area (Å²) >= 11 is 0. The molecule has 2 fully saturated rings. The van der Waals surface area contributed by atoms with Gasteiger partial charge in [0.2, 0.25) is 11.8 Å². The second kappa shape index (κ2) is 5.83. The molecule has 4 atom stereocenters. The van der Waals surface area contributed by atoms with Gasteiger partial charge in [0.15, 0.2) is 0 Å². The van der Waals surface area contributed by atoms with Crippen molar-refractivity contribution >= 4 is 11.8 Å². The molecule has 4 unspecified atom stereocenters. The Morgan fingerprint density at radius 1 is 1.29 bits per heavy atom. The average molecular weight is 288 g/mol. The smallest absolute Gasteiger partial charge is 0.238 e. The van der Waals surface area contributed by atoms with Crippen LogP contribution in [0, 0.1) is 11.8 Å². The highest BCUT2D eigenvalue weighted by molar-refractivity contribution is 5.84. The largest absolute Gasteiger partial charge is 0.358 e. The quantitative estimate of drug-likeness (QED) is 0.606. The van der Waals surface area contributed by atoms with Crippen LogP contribution in [0.25, 0.3) is 0 Å². The van der Waals surface area contributed by atoms with Crippen molar-refractivity contribution in [1.29, 1.82) is 0 Å². The lowest BCUT2D eigenvalue weighted by atomic mass is 9.76. The number of hydrogen-bond donors (Lipinski definition) is 4. The van der Waals surface area contributed by atoms with E-state index in [0.717, 1.165) is 6.42 Å². The van der Waals surface area contributed by atoms with Gasteiger partial charge in [-0.2, -0.15) is 0 Å². The van der Waals surface area contributed by atoms with Crippen LogP contribution in [0.5, 0.6) is 0 Å². The van der Waals surface area contributed by atoms with Crippen LogP contribution in [0.15, 0.2) is 30.3 Å². The van der Waals surface area contributed by atoms with E-state index < -0.39 is 0 Å². The Balaban J connectivity index is 1.82. The summed E-state index contributed by atoms with van der Waals surface area (Å²) < 4.78 is 0. The van der Waals surface area contributed by atoms with E-state index in [4.69, 9.17) is 0 Å². The summed E-state index contributed by atoms with van der Waals surface area (Å²) in [6, 6.07) is 9.77. The van der Waals surface area contributed by atoms with Crippen molar-refractivity contribution in [3.63, 3.8) is 0 Å². The van der Waals surface area contributed by atoms with Gasteiger partial charge in [0, 0.05) is 19.4 Å². The lowest BCUT2D eigenvalue weighted by Crippen LogP contribution is -2.54. The molecule has 0 aliphatic carbocycles. The maximum absolute atomic E-state index is 12.0. The van der Waals surface area contributed by atoms with E-state index in [9.17, 15) is 9.59 Å². The fourth-order valence-corrected chi connectivity index (χ4v) is 3.37. The van der Waals surface area contributed by atoms with Crippen molar-refractivity contribution in [2.24, 2.45) is 11.8 Å². The Hall–Kier alpha value is -1.92. The number of benzene rings is 1. The molecule has 2 aliphatic heterocycles. The number of likely N-dealkylation sites (N-methyl/N-ethyl adjacent to an activating group) is 1. The maximum Gasteiger partial charge on any atom is 0.238 e. The number of carbonyl (C=O) groups excluding carboxylic acids is 2. The van der Waals surface area contributed by atoms with Gasteiger partial charge in [-0.25, -0.2) is 10.9 Å². The zero-order valence-electron chi connectivity index (χ0n) is 11.9. The molecule has 0 bridgehead atoms. The van der Waals surface area contributed by atoms with Gasteiger partial charge in [-0.3, -0.25) is 9.59 Å². The molecule has 0 spiro atoms. The molecule has 6 nitrogen and oxygen atoms in total. The van der Waals surface area contributed by atoms with Gasteiger partial charge in [0.1, 0.15) is 6.04 Å². The lowest BCUT2D eigenvalue weighted by molar-refractivity contribution is -0.129. The molecule has 2 aliphatic rings. The zero-order valence-corrected chi connectivity index (χ0v) is 11.9. The van der Waals surface area contributed by atoms with E-state index >= 15 is 0 Å². The zero-order chi connectivity index (χ0) is 14.8. The molecule has 2 saturated heterocycles. The van der Waals surface area contributed by atoms with Crippen molar-refractivity contribution in [3.8, 4) is 0 Å². The number of piperidine rings is 1. The van der Waals surface area contributed by atoms with Crippen LogP contribution in [0.1, 0.15) is 12.0 Å². The normalized spacial score (nSPS) is 31.4. The third-order valence-corrected chi connectivity index (χ3v) is 4.34. The first-order valence-electron chi connectivity index (χ1n) is 7.25. The Bertz CT molecular complexity index is 534. The summed E-state index contributed by atoms with van der Waals surface area (Å²) in [5.74, 6) is 0.159. The van der Waals surface area contributed by atoms with Crippen LogP contribution in [0.4, 0.5) is 0 Å². The van der Waals surface area contributed by atoms with E-state index in [1.165, 1.54) is 5.56 Å².